The van der Waals surface area contributed by atoms with Gasteiger partial charge in [0.15, 0.2) is 5.43 Å². The summed E-state index contributed by atoms with van der Waals surface area (Å²) in [5.41, 5.74) is 1.72. The van der Waals surface area contributed by atoms with Crippen molar-refractivity contribution in [3.8, 4) is 0 Å². The number of rotatable bonds is 2. The second-order valence-corrected chi connectivity index (χ2v) is 6.80. The first-order chi connectivity index (χ1) is 13.2. The fourth-order valence-electron chi connectivity index (χ4n) is 3.38. The standard InChI is InChI=1S/C19H10FN3O3S/c20-12-7-3-1-5-10(12)15-14-16(24)11-6-2-4-8-13(11)26-17(14)18(25)23(15)19-22-21-9-27-19/h1-9,15H. The fraction of sp³-hybridized carbons (Fsp3) is 0.0526. The number of nitrogens with zero attached hydrogens (tertiary/aromatic N) is 3. The maximum atomic E-state index is 14.6. The van der Waals surface area contributed by atoms with Crippen molar-refractivity contribution in [2.24, 2.45) is 0 Å². The molecule has 0 saturated heterocycles. The minimum Gasteiger partial charge on any atom is -0.450 e. The zero-order chi connectivity index (χ0) is 18.5. The molecule has 0 N–H and O–H groups in total. The van der Waals surface area contributed by atoms with Crippen molar-refractivity contribution in [3.63, 3.8) is 0 Å². The highest BCUT2D eigenvalue weighted by Gasteiger charge is 2.45. The van der Waals surface area contributed by atoms with Gasteiger partial charge in [0.25, 0.3) is 5.91 Å². The molecule has 0 bridgehead atoms. The molecule has 0 aliphatic carbocycles. The van der Waals surface area contributed by atoms with E-state index in [2.05, 4.69) is 10.2 Å². The predicted octanol–water partition coefficient (Wildman–Crippen LogP) is 3.53. The Bertz CT molecular complexity index is 1250. The van der Waals surface area contributed by atoms with Crippen LogP contribution in [-0.4, -0.2) is 16.1 Å². The molecule has 1 aliphatic heterocycles. The normalized spacial score (nSPS) is 16.1. The molecular weight excluding hydrogens is 369 g/mol. The highest BCUT2D eigenvalue weighted by Crippen LogP contribution is 2.42. The number of carbonyl (C=O) groups is 1. The van der Waals surface area contributed by atoms with E-state index < -0.39 is 17.8 Å². The van der Waals surface area contributed by atoms with Crippen molar-refractivity contribution in [2.45, 2.75) is 6.04 Å². The zero-order valence-electron chi connectivity index (χ0n) is 13.6. The SMILES string of the molecule is O=C1c2oc3ccccc3c(=O)c2C(c2ccccc2F)N1c1nncs1. The summed E-state index contributed by atoms with van der Waals surface area (Å²) in [6, 6.07) is 11.7. The smallest absolute Gasteiger partial charge is 0.297 e. The van der Waals surface area contributed by atoms with Gasteiger partial charge in [-0.15, -0.1) is 10.2 Å². The van der Waals surface area contributed by atoms with E-state index >= 15 is 0 Å². The molecule has 1 aliphatic rings. The number of hydrogen-bond donors (Lipinski definition) is 0. The first kappa shape index (κ1) is 15.8. The number of carbonyl (C=O) groups excluding carboxylic acids is 1. The van der Waals surface area contributed by atoms with Crippen molar-refractivity contribution >= 4 is 33.3 Å². The lowest BCUT2D eigenvalue weighted by atomic mass is 9.98. The Kier molecular flexibility index (Phi) is 3.41. The van der Waals surface area contributed by atoms with Crippen LogP contribution >= 0.6 is 11.3 Å². The predicted molar refractivity (Wildman–Crippen MR) is 97.4 cm³/mol. The summed E-state index contributed by atoms with van der Waals surface area (Å²) in [6.45, 7) is 0. The van der Waals surface area contributed by atoms with Gasteiger partial charge in [-0.3, -0.25) is 14.5 Å². The Morgan fingerprint density at radius 2 is 1.85 bits per heavy atom. The van der Waals surface area contributed by atoms with E-state index in [4.69, 9.17) is 4.42 Å². The maximum absolute atomic E-state index is 14.6. The van der Waals surface area contributed by atoms with Gasteiger partial charge < -0.3 is 4.42 Å². The fourth-order valence-corrected chi connectivity index (χ4v) is 3.96. The molecule has 27 heavy (non-hydrogen) atoms. The van der Waals surface area contributed by atoms with Crippen LogP contribution in [0.4, 0.5) is 9.52 Å². The largest absolute Gasteiger partial charge is 0.450 e. The molecular formula is C19H10FN3O3S. The third-order valence-electron chi connectivity index (χ3n) is 4.53. The monoisotopic (exact) mass is 379 g/mol. The van der Waals surface area contributed by atoms with Crippen LogP contribution in [0.25, 0.3) is 11.0 Å². The minimum absolute atomic E-state index is 0.0952. The van der Waals surface area contributed by atoms with Gasteiger partial charge in [-0.05, 0) is 18.2 Å². The first-order valence-corrected chi connectivity index (χ1v) is 8.94. The number of aromatic nitrogens is 2. The van der Waals surface area contributed by atoms with Gasteiger partial charge in [0.1, 0.15) is 23.0 Å². The number of fused-ring (bicyclic) bond motifs is 2. The van der Waals surface area contributed by atoms with E-state index in [-0.39, 0.29) is 27.4 Å². The van der Waals surface area contributed by atoms with E-state index in [9.17, 15) is 14.0 Å². The molecule has 0 radical (unpaired) electrons. The number of benzene rings is 2. The Morgan fingerprint density at radius 3 is 2.63 bits per heavy atom. The average molecular weight is 379 g/mol. The van der Waals surface area contributed by atoms with Gasteiger partial charge in [0, 0.05) is 5.56 Å². The number of para-hydroxylation sites is 1. The third kappa shape index (κ3) is 2.23. The summed E-state index contributed by atoms with van der Waals surface area (Å²) in [7, 11) is 0. The van der Waals surface area contributed by atoms with Crippen LogP contribution < -0.4 is 10.3 Å². The lowest BCUT2D eigenvalue weighted by Gasteiger charge is -2.22. The lowest BCUT2D eigenvalue weighted by molar-refractivity contribution is 0.0970. The van der Waals surface area contributed by atoms with Crippen molar-refractivity contribution < 1.29 is 13.6 Å². The maximum Gasteiger partial charge on any atom is 0.297 e. The molecule has 0 fully saturated rings. The number of hydrogen-bond acceptors (Lipinski definition) is 6. The molecule has 132 valence electrons. The van der Waals surface area contributed by atoms with Crippen molar-refractivity contribution in [1.82, 2.24) is 10.2 Å². The highest BCUT2D eigenvalue weighted by atomic mass is 32.1. The summed E-state index contributed by atoms with van der Waals surface area (Å²) < 4.78 is 20.4. The molecule has 6 nitrogen and oxygen atoms in total. The van der Waals surface area contributed by atoms with Gasteiger partial charge >= 0.3 is 0 Å². The quantitative estimate of drug-likeness (QED) is 0.533. The Labute approximate surface area is 155 Å². The number of anilines is 1. The molecule has 1 atom stereocenters. The summed E-state index contributed by atoms with van der Waals surface area (Å²) in [5.74, 6) is -1.16. The van der Waals surface area contributed by atoms with Crippen molar-refractivity contribution in [3.05, 3.63) is 87.0 Å². The highest BCUT2D eigenvalue weighted by molar-refractivity contribution is 7.13. The Balaban J connectivity index is 1.87. The molecule has 0 spiro atoms. The van der Waals surface area contributed by atoms with Crippen LogP contribution in [0.3, 0.4) is 0 Å². The third-order valence-corrected chi connectivity index (χ3v) is 5.22. The van der Waals surface area contributed by atoms with Crippen LogP contribution in [0.1, 0.15) is 27.7 Å². The Hall–Kier alpha value is -3.39. The lowest BCUT2D eigenvalue weighted by Crippen LogP contribution is -2.30. The minimum atomic E-state index is -0.970. The summed E-state index contributed by atoms with van der Waals surface area (Å²) in [5, 5.41) is 8.31. The summed E-state index contributed by atoms with van der Waals surface area (Å²) in [4.78, 5) is 27.5. The molecule has 1 unspecified atom stereocenters. The first-order valence-electron chi connectivity index (χ1n) is 8.06. The summed E-state index contributed by atoms with van der Waals surface area (Å²) in [6.07, 6.45) is 0. The van der Waals surface area contributed by atoms with E-state index in [0.717, 1.165) is 11.3 Å². The van der Waals surface area contributed by atoms with Gasteiger partial charge in [-0.25, -0.2) is 4.39 Å². The molecule has 4 aromatic rings. The van der Waals surface area contributed by atoms with Crippen LogP contribution in [0, 0.1) is 5.82 Å². The van der Waals surface area contributed by atoms with Gasteiger partial charge in [0.2, 0.25) is 10.9 Å². The second-order valence-electron chi connectivity index (χ2n) is 5.99. The molecule has 3 heterocycles. The molecule has 8 heteroatoms. The Morgan fingerprint density at radius 1 is 1.07 bits per heavy atom. The van der Waals surface area contributed by atoms with E-state index in [1.165, 1.54) is 16.5 Å². The second kappa shape index (κ2) is 5.82. The van der Waals surface area contributed by atoms with Gasteiger partial charge in [0.05, 0.1) is 10.9 Å². The van der Waals surface area contributed by atoms with Crippen LogP contribution in [0.2, 0.25) is 0 Å². The zero-order valence-corrected chi connectivity index (χ0v) is 14.4. The molecule has 2 aromatic carbocycles. The van der Waals surface area contributed by atoms with Crippen molar-refractivity contribution in [1.29, 1.82) is 0 Å². The van der Waals surface area contributed by atoms with E-state index in [0.29, 0.717) is 11.0 Å². The van der Waals surface area contributed by atoms with E-state index in [1.54, 1.807) is 42.5 Å². The number of amides is 1. The molecule has 2 aromatic heterocycles. The van der Waals surface area contributed by atoms with Crippen LogP contribution in [0.5, 0.6) is 0 Å². The van der Waals surface area contributed by atoms with Gasteiger partial charge in [-0.1, -0.05) is 41.7 Å². The van der Waals surface area contributed by atoms with Crippen molar-refractivity contribution in [2.75, 3.05) is 4.90 Å². The molecule has 1 amide bonds. The molecule has 5 rings (SSSR count). The van der Waals surface area contributed by atoms with Gasteiger partial charge in [-0.2, -0.15) is 0 Å². The van der Waals surface area contributed by atoms with E-state index in [1.807, 2.05) is 0 Å². The topological polar surface area (TPSA) is 76.3 Å². The molecule has 0 saturated carbocycles. The summed E-state index contributed by atoms with van der Waals surface area (Å²) >= 11 is 1.13. The van der Waals surface area contributed by atoms with Crippen LogP contribution in [0.15, 0.2) is 63.3 Å². The number of halogens is 1. The average Bonchev–Trinajstić information content (AvgIpc) is 3.29. The van der Waals surface area contributed by atoms with Crippen LogP contribution in [-0.2, 0) is 0 Å².